The second-order valence-corrected chi connectivity index (χ2v) is 5.78. The number of carbonyl (C=O) groups excluding carboxylic acids is 3. The molecule has 0 saturated carbocycles. The molecule has 0 unspecified atom stereocenters. The summed E-state index contributed by atoms with van der Waals surface area (Å²) in [6, 6.07) is 6.32. The molecule has 1 heterocycles. The van der Waals surface area contributed by atoms with Crippen LogP contribution in [0.5, 0.6) is 0 Å². The van der Waals surface area contributed by atoms with Crippen molar-refractivity contribution in [2.24, 2.45) is 0 Å². The quantitative estimate of drug-likeness (QED) is 0.624. The molecule has 0 spiro atoms. The number of esters is 1. The predicted molar refractivity (Wildman–Crippen MR) is 86.2 cm³/mol. The van der Waals surface area contributed by atoms with Crippen molar-refractivity contribution in [1.82, 2.24) is 4.90 Å². The van der Waals surface area contributed by atoms with Crippen molar-refractivity contribution < 1.29 is 19.1 Å². The van der Waals surface area contributed by atoms with Gasteiger partial charge in [0.25, 0.3) is 0 Å². The summed E-state index contributed by atoms with van der Waals surface area (Å²) >= 11 is 6.22. The molecule has 122 valence electrons. The van der Waals surface area contributed by atoms with Crippen LogP contribution in [-0.2, 0) is 19.1 Å². The van der Waals surface area contributed by atoms with E-state index >= 15 is 0 Å². The monoisotopic (exact) mass is 335 g/mol. The van der Waals surface area contributed by atoms with Crippen molar-refractivity contribution in [2.45, 2.75) is 19.4 Å². The Morgan fingerprint density at radius 1 is 1.35 bits per heavy atom. The third-order valence-corrected chi connectivity index (χ3v) is 4.07. The lowest BCUT2D eigenvalue weighted by Crippen LogP contribution is -2.42. The molecular weight excluding hydrogens is 318 g/mol. The first-order valence-electron chi connectivity index (χ1n) is 7.24. The molecule has 1 fully saturated rings. The molecule has 1 saturated heterocycles. The van der Waals surface area contributed by atoms with Crippen molar-refractivity contribution in [2.75, 3.05) is 20.2 Å². The molecule has 1 aromatic carbocycles. The standard InChI is InChI=1S/C17H18ClNO4/c1-11(20)9-12-10-19(8-7-15(12)21)16(17(22)23-2)13-5-3-4-6-14(13)18/h3-6,9,16H,7-8,10H2,1-2H3/b12-9+/t16-/m0/s1. The van der Waals surface area contributed by atoms with Crippen LogP contribution in [0.1, 0.15) is 24.9 Å². The van der Waals surface area contributed by atoms with Crippen LogP contribution >= 0.6 is 11.6 Å². The first-order valence-corrected chi connectivity index (χ1v) is 7.62. The van der Waals surface area contributed by atoms with Gasteiger partial charge in [-0.05, 0) is 24.6 Å². The zero-order valence-corrected chi connectivity index (χ0v) is 13.8. The highest BCUT2D eigenvalue weighted by Gasteiger charge is 2.34. The highest BCUT2D eigenvalue weighted by atomic mass is 35.5. The minimum absolute atomic E-state index is 0.0702. The summed E-state index contributed by atoms with van der Waals surface area (Å²) in [4.78, 5) is 37.3. The Hall–Kier alpha value is -1.98. The Kier molecular flexibility index (Phi) is 5.69. The SMILES string of the molecule is COC(=O)[C@H](c1ccccc1Cl)N1CCC(=O)/C(=C/C(C)=O)C1. The van der Waals surface area contributed by atoms with Crippen LogP contribution in [-0.4, -0.2) is 42.6 Å². The lowest BCUT2D eigenvalue weighted by Gasteiger charge is -2.33. The number of piperidine rings is 1. The second-order valence-electron chi connectivity index (χ2n) is 5.37. The third kappa shape index (κ3) is 4.06. The van der Waals surface area contributed by atoms with E-state index in [1.165, 1.54) is 20.1 Å². The molecule has 0 aliphatic carbocycles. The van der Waals surface area contributed by atoms with Crippen molar-refractivity contribution >= 4 is 29.1 Å². The molecule has 5 nitrogen and oxygen atoms in total. The van der Waals surface area contributed by atoms with E-state index in [2.05, 4.69) is 0 Å². The number of allylic oxidation sites excluding steroid dienone is 1. The fourth-order valence-electron chi connectivity index (χ4n) is 2.66. The van der Waals surface area contributed by atoms with Crippen LogP contribution in [0, 0.1) is 0 Å². The number of likely N-dealkylation sites (tertiary alicyclic amines) is 1. The third-order valence-electron chi connectivity index (χ3n) is 3.72. The fourth-order valence-corrected chi connectivity index (χ4v) is 2.90. The van der Waals surface area contributed by atoms with E-state index in [-0.39, 0.29) is 24.5 Å². The number of rotatable bonds is 4. The van der Waals surface area contributed by atoms with Crippen LogP contribution < -0.4 is 0 Å². The molecule has 23 heavy (non-hydrogen) atoms. The van der Waals surface area contributed by atoms with Crippen LogP contribution in [0.3, 0.4) is 0 Å². The Morgan fingerprint density at radius 3 is 2.65 bits per heavy atom. The summed E-state index contributed by atoms with van der Waals surface area (Å²) in [7, 11) is 1.31. The highest BCUT2D eigenvalue weighted by Crippen LogP contribution is 2.31. The topological polar surface area (TPSA) is 63.7 Å². The first kappa shape index (κ1) is 17.4. The van der Waals surface area contributed by atoms with Crippen LogP contribution in [0.15, 0.2) is 35.9 Å². The number of hydrogen-bond acceptors (Lipinski definition) is 5. The lowest BCUT2D eigenvalue weighted by molar-refractivity contribution is -0.148. The molecule has 0 radical (unpaired) electrons. The molecule has 1 atom stereocenters. The largest absolute Gasteiger partial charge is 0.468 e. The summed E-state index contributed by atoms with van der Waals surface area (Å²) in [5.41, 5.74) is 1.03. The number of benzene rings is 1. The van der Waals surface area contributed by atoms with Gasteiger partial charge in [-0.3, -0.25) is 14.5 Å². The average Bonchev–Trinajstić information content (AvgIpc) is 2.51. The van der Waals surface area contributed by atoms with Crippen molar-refractivity contribution in [3.63, 3.8) is 0 Å². The van der Waals surface area contributed by atoms with Gasteiger partial charge in [0, 0.05) is 30.1 Å². The maximum Gasteiger partial charge on any atom is 0.327 e. The highest BCUT2D eigenvalue weighted by molar-refractivity contribution is 6.31. The van der Waals surface area contributed by atoms with Gasteiger partial charge >= 0.3 is 5.97 Å². The van der Waals surface area contributed by atoms with Gasteiger partial charge in [-0.15, -0.1) is 0 Å². The Balaban J connectivity index is 2.37. The summed E-state index contributed by atoms with van der Waals surface area (Å²) in [6.45, 7) is 2.01. The number of ether oxygens (including phenoxy) is 1. The molecule has 0 aromatic heterocycles. The van der Waals surface area contributed by atoms with E-state index < -0.39 is 12.0 Å². The normalized spacial score (nSPS) is 18.7. The second kappa shape index (κ2) is 7.53. The summed E-state index contributed by atoms with van der Waals surface area (Å²) < 4.78 is 4.91. The molecule has 1 aromatic rings. The van der Waals surface area contributed by atoms with E-state index in [0.29, 0.717) is 22.7 Å². The summed E-state index contributed by atoms with van der Waals surface area (Å²) in [5, 5.41) is 0.455. The average molecular weight is 336 g/mol. The van der Waals surface area contributed by atoms with E-state index in [1.54, 1.807) is 24.3 Å². The van der Waals surface area contributed by atoms with E-state index in [4.69, 9.17) is 16.3 Å². The summed E-state index contributed by atoms with van der Waals surface area (Å²) in [5.74, 6) is -0.712. The molecular formula is C17H18ClNO4. The van der Waals surface area contributed by atoms with Gasteiger partial charge in [-0.2, -0.15) is 0 Å². The van der Waals surface area contributed by atoms with Gasteiger partial charge in [0.1, 0.15) is 6.04 Å². The number of hydrogen-bond donors (Lipinski definition) is 0. The zero-order valence-electron chi connectivity index (χ0n) is 13.0. The number of carbonyl (C=O) groups is 3. The van der Waals surface area contributed by atoms with Gasteiger partial charge in [0.15, 0.2) is 11.6 Å². The molecule has 0 bridgehead atoms. The molecule has 0 amide bonds. The molecule has 6 heteroatoms. The Bertz CT molecular complexity index is 668. The maximum atomic E-state index is 12.3. The Morgan fingerprint density at radius 2 is 2.04 bits per heavy atom. The van der Waals surface area contributed by atoms with Gasteiger partial charge in [-0.1, -0.05) is 29.8 Å². The van der Waals surface area contributed by atoms with Crippen LogP contribution in [0.25, 0.3) is 0 Å². The van der Waals surface area contributed by atoms with Gasteiger partial charge < -0.3 is 4.74 Å². The van der Waals surface area contributed by atoms with Crippen molar-refractivity contribution in [3.8, 4) is 0 Å². The van der Waals surface area contributed by atoms with Gasteiger partial charge in [0.2, 0.25) is 0 Å². The number of nitrogens with zero attached hydrogens (tertiary/aromatic N) is 1. The van der Waals surface area contributed by atoms with Gasteiger partial charge in [-0.25, -0.2) is 4.79 Å². The van der Waals surface area contributed by atoms with Gasteiger partial charge in [0.05, 0.1) is 7.11 Å². The smallest absolute Gasteiger partial charge is 0.327 e. The van der Waals surface area contributed by atoms with Crippen molar-refractivity contribution in [3.05, 3.63) is 46.5 Å². The maximum absolute atomic E-state index is 12.3. The molecule has 1 aliphatic rings. The fraction of sp³-hybridized carbons (Fsp3) is 0.353. The number of halogens is 1. The molecule has 0 N–H and O–H groups in total. The van der Waals surface area contributed by atoms with E-state index in [9.17, 15) is 14.4 Å². The number of ketones is 2. The lowest BCUT2D eigenvalue weighted by atomic mass is 9.97. The minimum atomic E-state index is -0.711. The number of methoxy groups -OCH3 is 1. The van der Waals surface area contributed by atoms with Crippen LogP contribution in [0.4, 0.5) is 0 Å². The predicted octanol–water partition coefficient (Wildman–Crippen LogP) is 2.34. The molecule has 2 rings (SSSR count). The number of Topliss-reactive ketones (excluding diaryl/α,β-unsaturated/α-hetero) is 1. The van der Waals surface area contributed by atoms with Crippen molar-refractivity contribution in [1.29, 1.82) is 0 Å². The Labute approximate surface area is 139 Å². The molecule has 1 aliphatic heterocycles. The minimum Gasteiger partial charge on any atom is -0.468 e. The first-order chi connectivity index (χ1) is 10.9. The zero-order chi connectivity index (χ0) is 17.0. The van der Waals surface area contributed by atoms with E-state index in [1.807, 2.05) is 4.90 Å². The van der Waals surface area contributed by atoms with Crippen LogP contribution in [0.2, 0.25) is 5.02 Å². The van der Waals surface area contributed by atoms with E-state index in [0.717, 1.165) is 0 Å². The summed E-state index contributed by atoms with van der Waals surface area (Å²) in [6.07, 6.45) is 1.58.